The Kier molecular flexibility index (Phi) is 4.81. The van der Waals surface area contributed by atoms with E-state index in [4.69, 9.17) is 8.92 Å². The summed E-state index contributed by atoms with van der Waals surface area (Å²) in [6, 6.07) is 12.7. The smallest absolute Gasteiger partial charge is 0.312 e. The van der Waals surface area contributed by atoms with Crippen LogP contribution < -0.4 is 8.92 Å². The van der Waals surface area contributed by atoms with Crippen LogP contribution in [0.15, 0.2) is 36.4 Å². The van der Waals surface area contributed by atoms with Crippen LogP contribution in [0.1, 0.15) is 60.3 Å². The van der Waals surface area contributed by atoms with Crippen molar-refractivity contribution in [2.24, 2.45) is 5.92 Å². The first kappa shape index (κ1) is 19.0. The molecule has 2 atom stereocenters. The van der Waals surface area contributed by atoms with E-state index < -0.39 is 10.1 Å². The fourth-order valence-electron chi connectivity index (χ4n) is 5.62. The maximum Gasteiger partial charge on any atom is 0.312 e. The van der Waals surface area contributed by atoms with Gasteiger partial charge in [-0.3, -0.25) is 0 Å². The van der Waals surface area contributed by atoms with Crippen LogP contribution in [0.5, 0.6) is 11.5 Å². The molecule has 3 aliphatic carbocycles. The Morgan fingerprint density at radius 3 is 2.52 bits per heavy atom. The molecule has 1 fully saturated rings. The molecule has 0 amide bonds. The van der Waals surface area contributed by atoms with Gasteiger partial charge in [-0.05, 0) is 73.1 Å². The van der Waals surface area contributed by atoms with Gasteiger partial charge in [-0.1, -0.05) is 43.2 Å². The van der Waals surface area contributed by atoms with Crippen molar-refractivity contribution in [2.45, 2.75) is 62.5 Å². The van der Waals surface area contributed by atoms with Gasteiger partial charge in [0.25, 0.3) is 0 Å². The van der Waals surface area contributed by atoms with Crippen LogP contribution in [0.2, 0.25) is 0 Å². The fourth-order valence-corrected chi connectivity index (χ4v) is 7.08. The summed E-state index contributed by atoms with van der Waals surface area (Å²) < 4.78 is 37.2. The van der Waals surface area contributed by atoms with Gasteiger partial charge in [0, 0.05) is 5.56 Å². The highest BCUT2D eigenvalue weighted by Gasteiger charge is 2.38. The van der Waals surface area contributed by atoms with Crippen molar-refractivity contribution in [1.82, 2.24) is 0 Å². The van der Waals surface area contributed by atoms with Crippen LogP contribution in [0.4, 0.5) is 0 Å². The zero-order valence-corrected chi connectivity index (χ0v) is 17.7. The minimum Gasteiger partial charge on any atom is -0.493 e. The lowest BCUT2D eigenvalue weighted by Gasteiger charge is -2.39. The van der Waals surface area contributed by atoms with E-state index in [1.54, 1.807) is 7.11 Å². The van der Waals surface area contributed by atoms with Crippen molar-refractivity contribution >= 4 is 10.1 Å². The molecule has 0 N–H and O–H groups in total. The zero-order valence-electron chi connectivity index (χ0n) is 16.9. The number of methoxy groups -OCH3 is 1. The third kappa shape index (κ3) is 3.33. The predicted molar refractivity (Wildman–Crippen MR) is 113 cm³/mol. The normalized spacial score (nSPS) is 23.8. The average molecular weight is 413 g/mol. The number of fused-ring (bicyclic) bond motifs is 4. The van der Waals surface area contributed by atoms with Gasteiger partial charge in [0.05, 0.1) is 12.4 Å². The molecule has 2 unspecified atom stereocenters. The molecular weight excluding hydrogens is 384 g/mol. The van der Waals surface area contributed by atoms with Gasteiger partial charge < -0.3 is 8.92 Å². The van der Waals surface area contributed by atoms with E-state index >= 15 is 0 Å². The van der Waals surface area contributed by atoms with Crippen LogP contribution in [0, 0.1) is 5.92 Å². The number of aryl methyl sites for hydroxylation is 1. The van der Waals surface area contributed by atoms with Crippen LogP contribution in [-0.4, -0.2) is 20.8 Å². The minimum absolute atomic E-state index is 0.388. The van der Waals surface area contributed by atoms with Gasteiger partial charge in [0.2, 0.25) is 0 Å². The van der Waals surface area contributed by atoms with E-state index in [2.05, 4.69) is 30.3 Å². The number of hydrogen-bond acceptors (Lipinski definition) is 4. The fraction of sp³-hybridized carbons (Fsp3) is 0.500. The first-order valence-electron chi connectivity index (χ1n) is 10.8. The van der Waals surface area contributed by atoms with Crippen molar-refractivity contribution < 1.29 is 17.3 Å². The summed E-state index contributed by atoms with van der Waals surface area (Å²) in [5.41, 5.74) is 5.16. The summed E-state index contributed by atoms with van der Waals surface area (Å²) in [7, 11) is -2.05. The molecule has 2 aromatic rings. The van der Waals surface area contributed by atoms with Crippen LogP contribution in [0.25, 0.3) is 0 Å². The Morgan fingerprint density at radius 2 is 1.72 bits per heavy atom. The summed E-state index contributed by atoms with van der Waals surface area (Å²) >= 11 is 0. The molecule has 2 aromatic carbocycles. The van der Waals surface area contributed by atoms with Crippen LogP contribution >= 0.6 is 0 Å². The van der Waals surface area contributed by atoms with E-state index in [0.29, 0.717) is 36.2 Å². The SMILES string of the molecule is COc1ccc2c(c1OS(=O)(=O)C1CCCC1)CC1CCc3ccccc3C1C2. The standard InChI is InChI=1S/C24H28O4S/c1-27-23-13-12-18-14-21-17(11-10-16-6-2-5-9-20(16)21)15-22(18)24(23)28-29(25,26)19-7-3-4-8-19/h2,5-6,9,12-13,17,19,21H,3-4,7-8,10-11,14-15H2,1H3. The minimum atomic E-state index is -3.64. The number of rotatable bonds is 4. The quantitative estimate of drug-likeness (QED) is 0.678. The molecule has 4 nitrogen and oxygen atoms in total. The van der Waals surface area contributed by atoms with E-state index in [1.807, 2.05) is 6.07 Å². The highest BCUT2D eigenvalue weighted by molar-refractivity contribution is 7.87. The van der Waals surface area contributed by atoms with Gasteiger partial charge >= 0.3 is 10.1 Å². The maximum atomic E-state index is 12.9. The van der Waals surface area contributed by atoms with Crippen molar-refractivity contribution in [3.63, 3.8) is 0 Å². The van der Waals surface area contributed by atoms with Crippen LogP contribution in [0.3, 0.4) is 0 Å². The van der Waals surface area contributed by atoms with Crippen molar-refractivity contribution in [2.75, 3.05) is 7.11 Å². The molecule has 0 saturated heterocycles. The largest absolute Gasteiger partial charge is 0.493 e. The molecular formula is C24H28O4S. The summed E-state index contributed by atoms with van der Waals surface area (Å²) in [4.78, 5) is 0. The Morgan fingerprint density at radius 1 is 0.931 bits per heavy atom. The third-order valence-corrected chi connectivity index (χ3v) is 8.85. The second kappa shape index (κ2) is 7.35. The molecule has 0 bridgehead atoms. The van der Waals surface area contributed by atoms with E-state index in [1.165, 1.54) is 16.7 Å². The second-order valence-electron chi connectivity index (χ2n) is 8.73. The Balaban J connectivity index is 1.52. The molecule has 0 radical (unpaired) electrons. The molecule has 154 valence electrons. The Bertz CT molecular complexity index is 1020. The summed E-state index contributed by atoms with van der Waals surface area (Å²) in [5, 5.41) is -0.388. The number of benzene rings is 2. The van der Waals surface area contributed by atoms with Crippen molar-refractivity contribution in [1.29, 1.82) is 0 Å². The molecule has 5 rings (SSSR count). The summed E-state index contributed by atoms with van der Waals surface area (Å²) in [6.45, 7) is 0. The molecule has 0 aliphatic heterocycles. The highest BCUT2D eigenvalue weighted by Crippen LogP contribution is 2.48. The Hall–Kier alpha value is -2.01. The molecule has 5 heteroatoms. The lowest BCUT2D eigenvalue weighted by atomic mass is 9.66. The highest BCUT2D eigenvalue weighted by atomic mass is 32.2. The third-order valence-electron chi connectivity index (χ3n) is 7.17. The predicted octanol–water partition coefficient (Wildman–Crippen LogP) is 4.79. The van der Waals surface area contributed by atoms with Crippen molar-refractivity contribution in [3.05, 3.63) is 58.7 Å². The summed E-state index contributed by atoms with van der Waals surface area (Å²) in [6.07, 6.45) is 7.31. The topological polar surface area (TPSA) is 52.6 Å². The van der Waals surface area contributed by atoms with E-state index in [0.717, 1.165) is 44.1 Å². The average Bonchev–Trinajstić information content (AvgIpc) is 3.29. The molecule has 1 saturated carbocycles. The van der Waals surface area contributed by atoms with Crippen molar-refractivity contribution in [3.8, 4) is 11.5 Å². The summed E-state index contributed by atoms with van der Waals surface area (Å²) in [5.74, 6) is 1.98. The Labute approximate surface area is 173 Å². The van der Waals surface area contributed by atoms with Crippen LogP contribution in [-0.2, 0) is 29.4 Å². The van der Waals surface area contributed by atoms with Gasteiger partial charge in [-0.2, -0.15) is 8.42 Å². The lowest BCUT2D eigenvalue weighted by Crippen LogP contribution is -2.30. The van der Waals surface area contributed by atoms with E-state index in [9.17, 15) is 8.42 Å². The molecule has 29 heavy (non-hydrogen) atoms. The van der Waals surface area contributed by atoms with Gasteiger partial charge in [-0.25, -0.2) is 0 Å². The van der Waals surface area contributed by atoms with Gasteiger partial charge in [0.1, 0.15) is 0 Å². The monoisotopic (exact) mass is 412 g/mol. The molecule has 3 aliphatic rings. The maximum absolute atomic E-state index is 12.9. The van der Waals surface area contributed by atoms with Gasteiger partial charge in [0.15, 0.2) is 11.5 Å². The molecule has 0 aromatic heterocycles. The lowest BCUT2D eigenvalue weighted by molar-refractivity contribution is 0.337. The first-order chi connectivity index (χ1) is 14.1. The molecule has 0 heterocycles. The van der Waals surface area contributed by atoms with E-state index in [-0.39, 0.29) is 5.25 Å². The second-order valence-corrected chi connectivity index (χ2v) is 10.5. The first-order valence-corrected chi connectivity index (χ1v) is 12.2. The van der Waals surface area contributed by atoms with Gasteiger partial charge in [-0.15, -0.1) is 0 Å². The molecule has 0 spiro atoms. The zero-order chi connectivity index (χ0) is 20.0. The number of ether oxygens (including phenoxy) is 1. The number of hydrogen-bond donors (Lipinski definition) is 0.